The first kappa shape index (κ1) is 41.0. The predicted octanol–water partition coefficient (Wildman–Crippen LogP) is 14.9. The van der Waals surface area contributed by atoms with Crippen molar-refractivity contribution in [1.29, 1.82) is 0 Å². The van der Waals surface area contributed by atoms with E-state index in [1.54, 1.807) is 12.1 Å². The smallest absolute Gasteiger partial charge is 0.196 e. The lowest BCUT2D eigenvalue weighted by Crippen LogP contribution is -2.23. The number of benzene rings is 4. The molecule has 288 valence electrons. The Labute approximate surface area is 327 Å². The van der Waals surface area contributed by atoms with E-state index in [-0.39, 0.29) is 11.6 Å². The number of rotatable bonds is 26. The second-order valence-corrected chi connectivity index (χ2v) is 15.6. The number of anilines is 4. The van der Waals surface area contributed by atoms with Crippen LogP contribution >= 0.6 is 0 Å². The number of aryl methyl sites for hydroxylation is 2. The first-order valence-corrected chi connectivity index (χ1v) is 21.7. The van der Waals surface area contributed by atoms with Crippen LogP contribution in [0, 0.1) is 0 Å². The maximum atomic E-state index is 14.1. The fraction of sp³-hybridized carbons (Fsp3) is 0.480. The number of unbranched alkanes of at least 4 members (excludes halogenated alkanes) is 18. The molecule has 4 aromatic carbocycles. The van der Waals surface area contributed by atoms with Crippen LogP contribution in [-0.4, -0.2) is 11.6 Å². The topological polar surface area (TPSA) is 58.2 Å². The number of carbonyl (C=O) groups is 2. The lowest BCUT2D eigenvalue weighted by Gasteiger charge is -2.24. The Bertz CT molecular complexity index is 1600. The molecule has 0 saturated heterocycles. The Morgan fingerprint density at radius 2 is 0.685 bits per heavy atom. The molecular formula is C50H66N2O2. The average Bonchev–Trinajstić information content (AvgIpc) is 3.20. The monoisotopic (exact) mass is 727 g/mol. The summed E-state index contributed by atoms with van der Waals surface area (Å²) in [7, 11) is 0. The molecule has 2 N–H and O–H groups in total. The van der Waals surface area contributed by atoms with E-state index < -0.39 is 0 Å². The zero-order valence-corrected chi connectivity index (χ0v) is 33.5. The minimum atomic E-state index is -0.129. The fourth-order valence-corrected chi connectivity index (χ4v) is 7.88. The Morgan fingerprint density at radius 3 is 1.02 bits per heavy atom. The summed E-state index contributed by atoms with van der Waals surface area (Å²) in [6.07, 6.45) is 29.0. The van der Waals surface area contributed by atoms with E-state index in [0.29, 0.717) is 33.6 Å². The van der Waals surface area contributed by atoms with Gasteiger partial charge in [-0.05, 0) is 73.2 Å². The maximum absolute atomic E-state index is 14.1. The van der Waals surface area contributed by atoms with E-state index in [4.69, 9.17) is 0 Å². The normalized spacial score (nSPS) is 12.1. The van der Waals surface area contributed by atoms with E-state index >= 15 is 0 Å². The van der Waals surface area contributed by atoms with Crippen molar-refractivity contribution < 1.29 is 9.59 Å². The SMILES string of the molecule is CCCCCCCCCCCCc1ccc(Nc2ccc(Nc3ccc(CCCCCCCCCCCC)cc3)c3c2C(=O)c2ccccc2C3=O)cc1. The van der Waals surface area contributed by atoms with Crippen molar-refractivity contribution in [2.24, 2.45) is 0 Å². The molecule has 4 aromatic rings. The minimum absolute atomic E-state index is 0.129. The summed E-state index contributed by atoms with van der Waals surface area (Å²) in [5, 5.41) is 6.99. The number of nitrogens with one attached hydrogen (secondary N) is 2. The molecule has 0 radical (unpaired) electrons. The van der Waals surface area contributed by atoms with Crippen LogP contribution in [0.4, 0.5) is 22.7 Å². The maximum Gasteiger partial charge on any atom is 0.196 e. The van der Waals surface area contributed by atoms with E-state index in [1.807, 2.05) is 24.3 Å². The van der Waals surface area contributed by atoms with Crippen LogP contribution in [-0.2, 0) is 12.8 Å². The summed E-state index contributed by atoms with van der Waals surface area (Å²) in [5.74, 6) is -0.258. The van der Waals surface area contributed by atoms with Gasteiger partial charge in [-0.2, -0.15) is 0 Å². The van der Waals surface area contributed by atoms with Gasteiger partial charge >= 0.3 is 0 Å². The van der Waals surface area contributed by atoms with Gasteiger partial charge < -0.3 is 10.6 Å². The molecular weight excluding hydrogens is 661 g/mol. The number of fused-ring (bicyclic) bond motifs is 2. The van der Waals surface area contributed by atoms with Gasteiger partial charge in [0, 0.05) is 22.5 Å². The molecule has 0 spiro atoms. The molecule has 54 heavy (non-hydrogen) atoms. The molecule has 4 nitrogen and oxygen atoms in total. The Morgan fingerprint density at radius 1 is 0.370 bits per heavy atom. The van der Waals surface area contributed by atoms with Gasteiger partial charge in [-0.25, -0.2) is 0 Å². The average molecular weight is 727 g/mol. The molecule has 1 aliphatic carbocycles. The third-order valence-corrected chi connectivity index (χ3v) is 11.2. The highest BCUT2D eigenvalue weighted by Gasteiger charge is 2.34. The Balaban J connectivity index is 1.17. The van der Waals surface area contributed by atoms with Gasteiger partial charge in [-0.15, -0.1) is 0 Å². The Hall–Kier alpha value is -4.18. The lowest BCUT2D eigenvalue weighted by atomic mass is 9.82. The molecule has 0 bridgehead atoms. The van der Waals surface area contributed by atoms with Crippen molar-refractivity contribution in [2.45, 2.75) is 155 Å². The number of ketones is 2. The van der Waals surface area contributed by atoms with Gasteiger partial charge in [0.15, 0.2) is 11.6 Å². The van der Waals surface area contributed by atoms with Crippen LogP contribution in [0.25, 0.3) is 0 Å². The second-order valence-electron chi connectivity index (χ2n) is 15.6. The largest absolute Gasteiger partial charge is 0.355 e. The van der Waals surface area contributed by atoms with Crippen LogP contribution in [0.2, 0.25) is 0 Å². The number of hydrogen-bond acceptors (Lipinski definition) is 4. The van der Waals surface area contributed by atoms with Crippen molar-refractivity contribution in [1.82, 2.24) is 0 Å². The van der Waals surface area contributed by atoms with E-state index in [9.17, 15) is 9.59 Å². The number of carbonyl (C=O) groups excluding carboxylic acids is 2. The Kier molecular flexibility index (Phi) is 17.4. The molecule has 4 heteroatoms. The summed E-state index contributed by atoms with van der Waals surface area (Å²) < 4.78 is 0. The standard InChI is InChI=1S/C50H66N2O2/c1-3-5-7-9-11-13-15-17-19-21-25-39-29-33-41(34-30-39)51-45-37-38-46(48-47(45)49(53)43-27-23-24-28-44(43)50(48)54)52-42-35-31-40(32-36-42)26-22-20-18-16-14-12-10-8-6-4-2/h23-24,27-38,51-52H,3-22,25-26H2,1-2H3. The molecule has 0 saturated carbocycles. The summed E-state index contributed by atoms with van der Waals surface area (Å²) in [6, 6.07) is 28.1. The molecule has 0 unspecified atom stereocenters. The van der Waals surface area contributed by atoms with Gasteiger partial charge in [0.1, 0.15) is 0 Å². The van der Waals surface area contributed by atoms with Gasteiger partial charge in [0.05, 0.1) is 22.5 Å². The van der Waals surface area contributed by atoms with Gasteiger partial charge in [-0.1, -0.05) is 178 Å². The zero-order chi connectivity index (χ0) is 37.8. The molecule has 0 amide bonds. The van der Waals surface area contributed by atoms with Crippen LogP contribution in [0.3, 0.4) is 0 Å². The van der Waals surface area contributed by atoms with Crippen molar-refractivity contribution in [3.05, 3.63) is 118 Å². The molecule has 0 atom stereocenters. The molecule has 0 fully saturated rings. The van der Waals surface area contributed by atoms with E-state index in [0.717, 1.165) is 24.2 Å². The molecule has 1 aliphatic rings. The number of hydrogen-bond donors (Lipinski definition) is 2. The van der Waals surface area contributed by atoms with E-state index in [2.05, 4.69) is 73.0 Å². The summed E-state index contributed by atoms with van der Waals surface area (Å²) in [6.45, 7) is 4.55. The van der Waals surface area contributed by atoms with Crippen LogP contribution in [0.15, 0.2) is 84.9 Å². The van der Waals surface area contributed by atoms with Gasteiger partial charge in [0.2, 0.25) is 0 Å². The summed E-state index contributed by atoms with van der Waals surface area (Å²) in [5.41, 5.74) is 7.54. The quantitative estimate of drug-likeness (QED) is 0.0557. The minimum Gasteiger partial charge on any atom is -0.355 e. The third-order valence-electron chi connectivity index (χ3n) is 11.2. The first-order valence-electron chi connectivity index (χ1n) is 21.7. The lowest BCUT2D eigenvalue weighted by molar-refractivity contribution is 0.0980. The van der Waals surface area contributed by atoms with Crippen molar-refractivity contribution in [3.8, 4) is 0 Å². The zero-order valence-electron chi connectivity index (χ0n) is 33.5. The van der Waals surface area contributed by atoms with Crippen LogP contribution < -0.4 is 10.6 Å². The highest BCUT2D eigenvalue weighted by Crippen LogP contribution is 2.38. The summed E-state index contributed by atoms with van der Waals surface area (Å²) >= 11 is 0. The van der Waals surface area contributed by atoms with Gasteiger partial charge in [-0.3, -0.25) is 9.59 Å². The van der Waals surface area contributed by atoms with Gasteiger partial charge in [0.25, 0.3) is 0 Å². The van der Waals surface area contributed by atoms with Crippen molar-refractivity contribution in [3.63, 3.8) is 0 Å². The van der Waals surface area contributed by atoms with Crippen molar-refractivity contribution >= 4 is 34.3 Å². The molecule has 0 aromatic heterocycles. The second kappa shape index (κ2) is 22.9. The highest BCUT2D eigenvalue weighted by atomic mass is 16.1. The highest BCUT2D eigenvalue weighted by molar-refractivity contribution is 6.32. The predicted molar refractivity (Wildman–Crippen MR) is 230 cm³/mol. The van der Waals surface area contributed by atoms with E-state index in [1.165, 1.54) is 140 Å². The molecule has 0 heterocycles. The first-order chi connectivity index (χ1) is 26.6. The van der Waals surface area contributed by atoms with Crippen LogP contribution in [0.1, 0.15) is 185 Å². The van der Waals surface area contributed by atoms with Crippen LogP contribution in [0.5, 0.6) is 0 Å². The molecule has 5 rings (SSSR count). The third kappa shape index (κ3) is 12.4. The molecule has 0 aliphatic heterocycles. The fourth-order valence-electron chi connectivity index (χ4n) is 7.88. The summed E-state index contributed by atoms with van der Waals surface area (Å²) in [4.78, 5) is 28.1. The van der Waals surface area contributed by atoms with Crippen molar-refractivity contribution in [2.75, 3.05) is 10.6 Å².